The van der Waals surface area contributed by atoms with Gasteiger partial charge in [0.25, 0.3) is 0 Å². The molecule has 106 valence electrons. The molecule has 1 heterocycles. The van der Waals surface area contributed by atoms with Crippen molar-refractivity contribution >= 4 is 10.9 Å². The predicted molar refractivity (Wildman–Crippen MR) is 83.4 cm³/mol. The summed E-state index contributed by atoms with van der Waals surface area (Å²) >= 11 is 0. The predicted octanol–water partition coefficient (Wildman–Crippen LogP) is 3.52. The number of nitrogens with zero attached hydrogens (tertiary/aromatic N) is 1. The molecule has 0 saturated carbocycles. The van der Waals surface area contributed by atoms with E-state index < -0.39 is 6.10 Å². The molecule has 0 radical (unpaired) electrons. The van der Waals surface area contributed by atoms with Gasteiger partial charge in [0.15, 0.2) is 0 Å². The fourth-order valence-corrected chi connectivity index (χ4v) is 2.39. The maximum atomic E-state index is 10.4. The first-order valence-electron chi connectivity index (χ1n) is 6.93. The van der Waals surface area contributed by atoms with Crippen LogP contribution in [0.2, 0.25) is 0 Å². The van der Waals surface area contributed by atoms with Crippen LogP contribution < -0.4 is 4.74 Å². The maximum Gasteiger partial charge on any atom is 0.119 e. The summed E-state index contributed by atoms with van der Waals surface area (Å²) in [4.78, 5) is 4.59. The Morgan fingerprint density at radius 1 is 1.05 bits per heavy atom. The molecule has 2 aromatic carbocycles. The Morgan fingerprint density at radius 3 is 2.76 bits per heavy atom. The Hall–Kier alpha value is -2.39. The van der Waals surface area contributed by atoms with Crippen LogP contribution in [0, 0.1) is 0 Å². The van der Waals surface area contributed by atoms with Gasteiger partial charge in [-0.15, -0.1) is 0 Å². The van der Waals surface area contributed by atoms with E-state index in [1.54, 1.807) is 7.11 Å². The lowest BCUT2D eigenvalue weighted by molar-refractivity contribution is 0.177. The van der Waals surface area contributed by atoms with Gasteiger partial charge in [-0.1, -0.05) is 36.4 Å². The molecule has 21 heavy (non-hydrogen) atoms. The van der Waals surface area contributed by atoms with Crippen LogP contribution in [0.25, 0.3) is 10.9 Å². The monoisotopic (exact) mass is 279 g/mol. The lowest BCUT2D eigenvalue weighted by atomic mass is 10.0. The Kier molecular flexibility index (Phi) is 3.84. The van der Waals surface area contributed by atoms with Crippen LogP contribution in [-0.2, 0) is 6.42 Å². The van der Waals surface area contributed by atoms with E-state index in [0.717, 1.165) is 27.9 Å². The zero-order valence-corrected chi connectivity index (χ0v) is 11.9. The Labute approximate surface area is 123 Å². The van der Waals surface area contributed by atoms with Gasteiger partial charge < -0.3 is 9.84 Å². The molecule has 3 rings (SSSR count). The summed E-state index contributed by atoms with van der Waals surface area (Å²) in [6, 6.07) is 19.5. The minimum absolute atomic E-state index is 0.484. The molecule has 0 saturated heterocycles. The minimum Gasteiger partial charge on any atom is -0.497 e. The lowest BCUT2D eigenvalue weighted by Crippen LogP contribution is -2.03. The summed E-state index contributed by atoms with van der Waals surface area (Å²) < 4.78 is 5.19. The minimum atomic E-state index is -0.589. The van der Waals surface area contributed by atoms with E-state index in [-0.39, 0.29) is 0 Å². The summed E-state index contributed by atoms with van der Waals surface area (Å²) in [5, 5.41) is 11.5. The lowest BCUT2D eigenvalue weighted by Gasteiger charge is -2.12. The second-order valence-corrected chi connectivity index (χ2v) is 4.99. The van der Waals surface area contributed by atoms with Crippen molar-refractivity contribution in [1.29, 1.82) is 0 Å². The number of para-hydroxylation sites is 1. The fraction of sp³-hybridized carbons (Fsp3) is 0.167. The van der Waals surface area contributed by atoms with Gasteiger partial charge in [0.1, 0.15) is 5.75 Å². The smallest absolute Gasteiger partial charge is 0.119 e. The molecular weight excluding hydrogens is 262 g/mol. The zero-order valence-electron chi connectivity index (χ0n) is 11.9. The van der Waals surface area contributed by atoms with Crippen molar-refractivity contribution in [3.8, 4) is 5.75 Å². The van der Waals surface area contributed by atoms with Crippen molar-refractivity contribution < 1.29 is 9.84 Å². The maximum absolute atomic E-state index is 10.4. The molecule has 1 atom stereocenters. The van der Waals surface area contributed by atoms with E-state index in [4.69, 9.17) is 4.74 Å². The van der Waals surface area contributed by atoms with E-state index in [1.807, 2.05) is 60.7 Å². The summed E-state index contributed by atoms with van der Waals surface area (Å²) in [5.41, 5.74) is 2.67. The molecule has 0 aliphatic heterocycles. The van der Waals surface area contributed by atoms with Crippen molar-refractivity contribution in [3.63, 3.8) is 0 Å². The number of hydrogen-bond acceptors (Lipinski definition) is 3. The first-order chi connectivity index (χ1) is 10.3. The first-order valence-corrected chi connectivity index (χ1v) is 6.93. The summed E-state index contributed by atoms with van der Waals surface area (Å²) in [6.45, 7) is 0. The van der Waals surface area contributed by atoms with Gasteiger partial charge in [-0.3, -0.25) is 4.98 Å². The summed E-state index contributed by atoms with van der Waals surface area (Å²) in [6.07, 6.45) is -0.105. The third kappa shape index (κ3) is 3.03. The average molecular weight is 279 g/mol. The molecule has 1 N–H and O–H groups in total. The van der Waals surface area contributed by atoms with Gasteiger partial charge in [0, 0.05) is 17.5 Å². The highest BCUT2D eigenvalue weighted by Gasteiger charge is 2.10. The van der Waals surface area contributed by atoms with Gasteiger partial charge in [0.2, 0.25) is 0 Å². The second kappa shape index (κ2) is 5.94. The molecule has 0 aliphatic rings. The van der Waals surface area contributed by atoms with Crippen LogP contribution in [0.1, 0.15) is 17.4 Å². The number of hydrogen-bond donors (Lipinski definition) is 1. The number of methoxy groups -OCH3 is 1. The molecule has 0 aliphatic carbocycles. The highest BCUT2D eigenvalue weighted by molar-refractivity contribution is 5.78. The topological polar surface area (TPSA) is 42.4 Å². The van der Waals surface area contributed by atoms with Crippen LogP contribution in [0.15, 0.2) is 60.7 Å². The first kappa shape index (κ1) is 13.6. The molecule has 0 fully saturated rings. The van der Waals surface area contributed by atoms with Gasteiger partial charge in [-0.25, -0.2) is 0 Å². The quantitative estimate of drug-likeness (QED) is 0.794. The van der Waals surface area contributed by atoms with Crippen molar-refractivity contribution in [2.75, 3.05) is 7.11 Å². The molecule has 3 aromatic rings. The van der Waals surface area contributed by atoms with Crippen molar-refractivity contribution in [3.05, 3.63) is 71.9 Å². The van der Waals surface area contributed by atoms with E-state index in [0.29, 0.717) is 6.42 Å². The van der Waals surface area contributed by atoms with Crippen molar-refractivity contribution in [1.82, 2.24) is 4.98 Å². The highest BCUT2D eigenvalue weighted by Crippen LogP contribution is 2.22. The Bertz CT molecular complexity index is 755. The molecule has 3 heteroatoms. The third-order valence-corrected chi connectivity index (χ3v) is 3.54. The number of aliphatic hydroxyl groups excluding tert-OH is 1. The van der Waals surface area contributed by atoms with Gasteiger partial charge in [-0.05, 0) is 29.8 Å². The largest absolute Gasteiger partial charge is 0.497 e. The number of rotatable bonds is 4. The number of aliphatic hydroxyl groups is 1. The van der Waals surface area contributed by atoms with E-state index in [9.17, 15) is 5.11 Å². The summed E-state index contributed by atoms with van der Waals surface area (Å²) in [7, 11) is 1.62. The average Bonchev–Trinajstić information content (AvgIpc) is 2.54. The number of aromatic nitrogens is 1. The Morgan fingerprint density at radius 2 is 1.90 bits per heavy atom. The molecule has 3 nitrogen and oxygen atoms in total. The van der Waals surface area contributed by atoms with Gasteiger partial charge in [-0.2, -0.15) is 0 Å². The van der Waals surface area contributed by atoms with Gasteiger partial charge in [0.05, 0.1) is 18.7 Å². The number of benzene rings is 2. The van der Waals surface area contributed by atoms with E-state index in [1.165, 1.54) is 0 Å². The van der Waals surface area contributed by atoms with Crippen molar-refractivity contribution in [2.45, 2.75) is 12.5 Å². The number of pyridine rings is 1. The number of ether oxygens (including phenoxy) is 1. The standard InChI is InChI=1S/C18H17NO2/c1-21-16-7-4-6-14(11-16)18(20)12-15-10-9-13-5-2-3-8-17(13)19-15/h2-11,18,20H,12H2,1H3. The molecule has 1 unspecified atom stereocenters. The highest BCUT2D eigenvalue weighted by atomic mass is 16.5. The molecule has 0 bridgehead atoms. The van der Waals surface area contributed by atoms with E-state index in [2.05, 4.69) is 4.98 Å². The molecular formula is C18H17NO2. The fourth-order valence-electron chi connectivity index (χ4n) is 2.39. The number of fused-ring (bicyclic) bond motifs is 1. The van der Waals surface area contributed by atoms with Gasteiger partial charge >= 0.3 is 0 Å². The zero-order chi connectivity index (χ0) is 14.7. The second-order valence-electron chi connectivity index (χ2n) is 4.99. The normalized spacial score (nSPS) is 12.3. The molecule has 1 aromatic heterocycles. The summed E-state index contributed by atoms with van der Waals surface area (Å²) in [5.74, 6) is 0.748. The SMILES string of the molecule is COc1cccc(C(O)Cc2ccc3ccccc3n2)c1. The molecule has 0 amide bonds. The Balaban J connectivity index is 1.83. The van der Waals surface area contributed by atoms with Crippen LogP contribution in [0.4, 0.5) is 0 Å². The van der Waals surface area contributed by atoms with Crippen LogP contribution in [-0.4, -0.2) is 17.2 Å². The third-order valence-electron chi connectivity index (χ3n) is 3.54. The van der Waals surface area contributed by atoms with E-state index >= 15 is 0 Å². The van der Waals surface area contributed by atoms with Crippen LogP contribution in [0.5, 0.6) is 5.75 Å². The van der Waals surface area contributed by atoms with Crippen LogP contribution in [0.3, 0.4) is 0 Å². The van der Waals surface area contributed by atoms with Crippen LogP contribution >= 0.6 is 0 Å². The van der Waals surface area contributed by atoms with Crippen molar-refractivity contribution in [2.24, 2.45) is 0 Å². The molecule has 0 spiro atoms.